The predicted molar refractivity (Wildman–Crippen MR) is 97.9 cm³/mol. The molecule has 1 N–H and O–H groups in total. The first-order valence-corrected chi connectivity index (χ1v) is 10.2. The molecule has 0 saturated heterocycles. The first-order chi connectivity index (χ1) is 11.8. The van der Waals surface area contributed by atoms with Gasteiger partial charge in [-0.2, -0.15) is 0 Å². The van der Waals surface area contributed by atoms with Crippen LogP contribution in [0.3, 0.4) is 0 Å². The molecule has 1 spiro atoms. The molecule has 3 heteroatoms. The number of carbonyl (C=O) groups excluding carboxylic acids is 1. The fraction of sp³-hybridized carbons (Fsp3) is 0.864. The Hall–Kier alpha value is -0.830. The van der Waals surface area contributed by atoms with Crippen LogP contribution >= 0.6 is 0 Å². The lowest BCUT2D eigenvalue weighted by Gasteiger charge is -2.64. The van der Waals surface area contributed by atoms with Gasteiger partial charge in [-0.05, 0) is 73.0 Å². The van der Waals surface area contributed by atoms with Gasteiger partial charge < -0.3 is 9.84 Å². The molecule has 3 saturated carbocycles. The highest BCUT2D eigenvalue weighted by molar-refractivity contribution is 5.66. The van der Waals surface area contributed by atoms with Gasteiger partial charge in [0.15, 0.2) is 0 Å². The minimum Gasteiger partial charge on any atom is -0.465 e. The molecule has 0 unspecified atom stereocenters. The summed E-state index contributed by atoms with van der Waals surface area (Å²) < 4.78 is 5.44. The molecule has 0 amide bonds. The van der Waals surface area contributed by atoms with Crippen LogP contribution in [-0.4, -0.2) is 24.3 Å². The number of allylic oxidation sites excluding steroid dienone is 1. The first kappa shape index (κ1) is 17.6. The van der Waals surface area contributed by atoms with Gasteiger partial charge in [-0.3, -0.25) is 4.79 Å². The van der Waals surface area contributed by atoms with Crippen LogP contribution in [0.15, 0.2) is 12.2 Å². The van der Waals surface area contributed by atoms with Gasteiger partial charge >= 0.3 is 5.97 Å². The van der Waals surface area contributed by atoms with Gasteiger partial charge in [0, 0.05) is 18.9 Å². The summed E-state index contributed by atoms with van der Waals surface area (Å²) in [5.74, 6) is 1.20. The van der Waals surface area contributed by atoms with Gasteiger partial charge in [0.2, 0.25) is 0 Å². The van der Waals surface area contributed by atoms with Gasteiger partial charge in [0.05, 0.1) is 0 Å². The summed E-state index contributed by atoms with van der Waals surface area (Å²) in [6, 6.07) is 0. The van der Waals surface area contributed by atoms with E-state index in [1.807, 2.05) is 0 Å². The summed E-state index contributed by atoms with van der Waals surface area (Å²) in [5, 5.41) is 10.1. The average Bonchev–Trinajstić information content (AvgIpc) is 2.84. The second kappa shape index (κ2) is 5.58. The van der Waals surface area contributed by atoms with E-state index in [-0.39, 0.29) is 16.8 Å². The maximum Gasteiger partial charge on any atom is 0.302 e. The summed E-state index contributed by atoms with van der Waals surface area (Å²) in [7, 11) is 0. The van der Waals surface area contributed by atoms with E-state index in [1.54, 1.807) is 0 Å². The van der Waals surface area contributed by atoms with Crippen LogP contribution in [-0.2, 0) is 9.53 Å². The molecule has 3 nitrogen and oxygen atoms in total. The van der Waals surface area contributed by atoms with E-state index in [0.717, 1.165) is 12.8 Å². The number of hydrogen-bond acceptors (Lipinski definition) is 3. The lowest BCUT2D eigenvalue weighted by molar-refractivity contribution is -0.163. The second-order valence-corrected chi connectivity index (χ2v) is 10.2. The quantitative estimate of drug-likeness (QED) is 0.605. The summed E-state index contributed by atoms with van der Waals surface area (Å²) >= 11 is 0. The Morgan fingerprint density at radius 3 is 2.60 bits per heavy atom. The summed E-state index contributed by atoms with van der Waals surface area (Å²) in [6.07, 6.45) is 14.7. The largest absolute Gasteiger partial charge is 0.465 e. The van der Waals surface area contributed by atoms with Crippen LogP contribution in [0.2, 0.25) is 0 Å². The van der Waals surface area contributed by atoms with Crippen molar-refractivity contribution in [2.24, 2.45) is 33.5 Å². The van der Waals surface area contributed by atoms with Crippen molar-refractivity contribution in [3.8, 4) is 0 Å². The summed E-state index contributed by atoms with van der Waals surface area (Å²) in [4.78, 5) is 11.3. The van der Waals surface area contributed by atoms with E-state index in [2.05, 4.69) is 26.0 Å². The molecule has 0 aliphatic heterocycles. The first-order valence-electron chi connectivity index (χ1n) is 10.2. The molecule has 3 fully saturated rings. The molecule has 0 aromatic heterocycles. The Kier molecular flexibility index (Phi) is 3.92. The standard InChI is InChI=1S/C22H34O3/c1-16(24)25-15-21-9-5-18-20(3)8-4-7-19(2,14-23)17(20)6-10-22(18,13-21)12-11-21/h11-12,17-18,23H,4-10,13-15H2,1-3H3/t17-,18+,19+,20-,21+,22+/m1/s1. The van der Waals surface area contributed by atoms with Gasteiger partial charge in [-0.15, -0.1) is 0 Å². The number of aliphatic hydroxyl groups excluding tert-OH is 1. The third-order valence-corrected chi connectivity index (χ3v) is 8.79. The van der Waals surface area contributed by atoms with Crippen LogP contribution in [0, 0.1) is 33.5 Å². The van der Waals surface area contributed by atoms with Crippen molar-refractivity contribution < 1.29 is 14.6 Å². The van der Waals surface area contributed by atoms with Crippen molar-refractivity contribution in [1.82, 2.24) is 0 Å². The minimum atomic E-state index is -0.160. The van der Waals surface area contributed by atoms with Gasteiger partial charge in [-0.1, -0.05) is 32.4 Å². The van der Waals surface area contributed by atoms with E-state index < -0.39 is 0 Å². The van der Waals surface area contributed by atoms with Crippen molar-refractivity contribution in [3.05, 3.63) is 12.2 Å². The Morgan fingerprint density at radius 1 is 1.12 bits per heavy atom. The van der Waals surface area contributed by atoms with E-state index >= 15 is 0 Å². The topological polar surface area (TPSA) is 46.5 Å². The Balaban J connectivity index is 1.62. The van der Waals surface area contributed by atoms with Crippen LogP contribution in [0.4, 0.5) is 0 Å². The van der Waals surface area contributed by atoms with E-state index in [4.69, 9.17) is 4.74 Å². The van der Waals surface area contributed by atoms with Crippen molar-refractivity contribution in [1.29, 1.82) is 0 Å². The third kappa shape index (κ3) is 2.44. The van der Waals surface area contributed by atoms with Crippen molar-refractivity contribution >= 4 is 5.97 Å². The van der Waals surface area contributed by atoms with Crippen LogP contribution < -0.4 is 0 Å². The normalized spacial score (nSPS) is 50.9. The smallest absolute Gasteiger partial charge is 0.302 e. The predicted octanol–water partition coefficient (Wildman–Crippen LogP) is 4.49. The lowest BCUT2D eigenvalue weighted by Crippen LogP contribution is -2.58. The number of esters is 1. The average molecular weight is 347 g/mol. The third-order valence-electron chi connectivity index (χ3n) is 8.79. The molecular weight excluding hydrogens is 312 g/mol. The summed E-state index contributed by atoms with van der Waals surface area (Å²) in [6.45, 7) is 7.26. The molecule has 0 radical (unpaired) electrons. The highest BCUT2D eigenvalue weighted by Gasteiger charge is 2.64. The Labute approximate surface area is 152 Å². The number of hydrogen-bond donors (Lipinski definition) is 1. The molecule has 4 aliphatic rings. The molecule has 0 aromatic carbocycles. The molecular formula is C22H34O3. The molecule has 0 aromatic rings. The van der Waals surface area contributed by atoms with Crippen molar-refractivity contribution in [3.63, 3.8) is 0 Å². The molecule has 25 heavy (non-hydrogen) atoms. The number of carbonyl (C=O) groups is 1. The van der Waals surface area contributed by atoms with E-state index in [1.165, 1.54) is 45.4 Å². The van der Waals surface area contributed by atoms with Gasteiger partial charge in [0.1, 0.15) is 6.61 Å². The molecule has 4 aliphatic carbocycles. The molecule has 140 valence electrons. The highest BCUT2D eigenvalue weighted by atomic mass is 16.5. The zero-order valence-corrected chi connectivity index (χ0v) is 16.1. The monoisotopic (exact) mass is 346 g/mol. The van der Waals surface area contributed by atoms with Crippen LogP contribution in [0.25, 0.3) is 0 Å². The lowest BCUT2D eigenvalue weighted by atomic mass is 9.40. The molecule has 2 bridgehead atoms. The Morgan fingerprint density at radius 2 is 1.88 bits per heavy atom. The maximum atomic E-state index is 11.3. The fourth-order valence-corrected chi connectivity index (χ4v) is 7.71. The minimum absolute atomic E-state index is 0.0836. The highest BCUT2D eigenvalue weighted by Crippen LogP contribution is 2.71. The number of rotatable bonds is 3. The molecule has 0 heterocycles. The van der Waals surface area contributed by atoms with Crippen molar-refractivity contribution in [2.45, 2.75) is 72.1 Å². The number of fused-ring (bicyclic) bond motifs is 3. The van der Waals surface area contributed by atoms with E-state index in [9.17, 15) is 9.90 Å². The number of aliphatic hydroxyl groups is 1. The Bertz CT molecular complexity index is 598. The summed E-state index contributed by atoms with van der Waals surface area (Å²) in [5.41, 5.74) is 0.830. The SMILES string of the molecule is CC(=O)OC[C@]12C=C[C@@]3(CC[C@@H]4[C@](C)(CO)CCC[C@@]4(C)[C@@H]3CC1)C2. The zero-order valence-electron chi connectivity index (χ0n) is 16.1. The zero-order chi connectivity index (χ0) is 17.9. The maximum absolute atomic E-state index is 11.3. The van der Waals surface area contributed by atoms with Crippen LogP contribution in [0.1, 0.15) is 72.1 Å². The molecule has 6 atom stereocenters. The van der Waals surface area contributed by atoms with Crippen molar-refractivity contribution in [2.75, 3.05) is 13.2 Å². The second-order valence-electron chi connectivity index (χ2n) is 10.2. The van der Waals surface area contributed by atoms with Gasteiger partial charge in [-0.25, -0.2) is 0 Å². The van der Waals surface area contributed by atoms with Crippen LogP contribution in [0.5, 0.6) is 0 Å². The fourth-order valence-electron chi connectivity index (χ4n) is 7.71. The van der Waals surface area contributed by atoms with Gasteiger partial charge in [0.25, 0.3) is 0 Å². The number of ether oxygens (including phenoxy) is 1. The molecule has 4 rings (SSSR count). The van der Waals surface area contributed by atoms with E-state index in [0.29, 0.717) is 35.9 Å².